The van der Waals surface area contributed by atoms with Gasteiger partial charge in [-0.3, -0.25) is 19.8 Å². The number of hydrogen-bond acceptors (Lipinski definition) is 6. The van der Waals surface area contributed by atoms with Crippen LogP contribution in [0.3, 0.4) is 0 Å². The van der Waals surface area contributed by atoms with Gasteiger partial charge in [-0.1, -0.05) is 32.9 Å². The maximum atomic E-state index is 12.1. The molecule has 0 unspecified atom stereocenters. The first kappa shape index (κ1) is 21.7. The number of rotatable bonds is 5. The van der Waals surface area contributed by atoms with Gasteiger partial charge in [-0.2, -0.15) is 0 Å². The molecular weight excluding hydrogens is 382 g/mol. The van der Waals surface area contributed by atoms with Crippen molar-refractivity contribution in [2.75, 3.05) is 36.4 Å². The molecule has 0 atom stereocenters. The number of hydrogen-bond donors (Lipinski definition) is 1. The number of pyridine rings is 1. The summed E-state index contributed by atoms with van der Waals surface area (Å²) in [5.74, 6) is 0.870. The molecule has 0 spiro atoms. The molecule has 30 heavy (non-hydrogen) atoms. The molecule has 3 rings (SSSR count). The molecule has 0 bridgehead atoms. The van der Waals surface area contributed by atoms with Crippen molar-refractivity contribution in [1.82, 2.24) is 9.88 Å². The minimum atomic E-state index is -0.448. The van der Waals surface area contributed by atoms with E-state index in [4.69, 9.17) is 0 Å². The van der Waals surface area contributed by atoms with Gasteiger partial charge in [0.05, 0.1) is 16.8 Å². The lowest BCUT2D eigenvalue weighted by Gasteiger charge is -2.23. The Morgan fingerprint density at radius 2 is 1.83 bits per heavy atom. The third kappa shape index (κ3) is 5.76. The van der Waals surface area contributed by atoms with Crippen LogP contribution in [0.4, 0.5) is 17.2 Å². The Hall–Kier alpha value is -3.00. The van der Waals surface area contributed by atoms with Crippen LogP contribution in [0.5, 0.6) is 0 Å². The number of carbonyl (C=O) groups is 1. The molecule has 1 aliphatic heterocycles. The van der Waals surface area contributed by atoms with E-state index in [0.717, 1.165) is 50.5 Å². The molecule has 0 radical (unpaired) electrons. The average Bonchev–Trinajstić information content (AvgIpc) is 2.94. The fraction of sp³-hybridized carbons (Fsp3) is 0.455. The van der Waals surface area contributed by atoms with Crippen molar-refractivity contribution in [3.63, 3.8) is 0 Å². The Labute approximate surface area is 177 Å². The third-order valence-electron chi connectivity index (χ3n) is 5.15. The van der Waals surface area contributed by atoms with Gasteiger partial charge in [0.2, 0.25) is 5.91 Å². The highest BCUT2D eigenvalue weighted by atomic mass is 16.6. The summed E-state index contributed by atoms with van der Waals surface area (Å²) in [7, 11) is 0. The SMILES string of the molecule is CC(C)(C)C(=O)Nc1ccc(N2CCCN(Cc3ccc([N+](=O)[O-])cc3)CC2)nc1. The molecule has 1 aromatic carbocycles. The van der Waals surface area contributed by atoms with Gasteiger partial charge in [0, 0.05) is 50.3 Å². The number of nitro benzene ring substituents is 1. The van der Waals surface area contributed by atoms with Crippen LogP contribution in [0.25, 0.3) is 0 Å². The number of aromatic nitrogens is 1. The minimum Gasteiger partial charge on any atom is -0.355 e. The fourth-order valence-corrected chi connectivity index (χ4v) is 3.31. The first-order valence-electron chi connectivity index (χ1n) is 10.2. The number of nitrogens with one attached hydrogen (secondary N) is 1. The Balaban J connectivity index is 1.55. The molecule has 1 aliphatic rings. The quantitative estimate of drug-likeness (QED) is 0.596. The van der Waals surface area contributed by atoms with Crippen LogP contribution in [-0.2, 0) is 11.3 Å². The largest absolute Gasteiger partial charge is 0.355 e. The average molecular weight is 412 g/mol. The maximum absolute atomic E-state index is 12.1. The van der Waals surface area contributed by atoms with E-state index in [0.29, 0.717) is 5.69 Å². The van der Waals surface area contributed by atoms with Crippen LogP contribution in [0.1, 0.15) is 32.8 Å². The highest BCUT2D eigenvalue weighted by molar-refractivity contribution is 5.94. The predicted molar refractivity (Wildman–Crippen MR) is 118 cm³/mol. The molecule has 0 aliphatic carbocycles. The van der Waals surface area contributed by atoms with Crippen molar-refractivity contribution in [1.29, 1.82) is 0 Å². The lowest BCUT2D eigenvalue weighted by atomic mass is 9.96. The Morgan fingerprint density at radius 3 is 2.43 bits per heavy atom. The van der Waals surface area contributed by atoms with Crippen molar-refractivity contribution >= 4 is 23.1 Å². The molecule has 1 aromatic heterocycles. The first-order chi connectivity index (χ1) is 14.2. The molecule has 8 heteroatoms. The van der Waals surface area contributed by atoms with Gasteiger partial charge in [0.25, 0.3) is 5.69 Å². The molecule has 1 saturated heterocycles. The lowest BCUT2D eigenvalue weighted by molar-refractivity contribution is -0.384. The van der Waals surface area contributed by atoms with Crippen LogP contribution >= 0.6 is 0 Å². The summed E-state index contributed by atoms with van der Waals surface area (Å²) in [6, 6.07) is 10.6. The van der Waals surface area contributed by atoms with Crippen LogP contribution in [0.2, 0.25) is 0 Å². The third-order valence-corrected chi connectivity index (χ3v) is 5.15. The van der Waals surface area contributed by atoms with Crippen molar-refractivity contribution in [2.24, 2.45) is 5.41 Å². The first-order valence-corrected chi connectivity index (χ1v) is 10.2. The van der Waals surface area contributed by atoms with E-state index in [2.05, 4.69) is 20.1 Å². The van der Waals surface area contributed by atoms with Crippen molar-refractivity contribution in [3.8, 4) is 0 Å². The van der Waals surface area contributed by atoms with Gasteiger partial charge in [-0.05, 0) is 24.1 Å². The molecule has 0 saturated carbocycles. The van der Waals surface area contributed by atoms with Gasteiger partial charge < -0.3 is 10.2 Å². The molecule has 1 N–H and O–H groups in total. The molecule has 1 amide bonds. The smallest absolute Gasteiger partial charge is 0.269 e. The second kappa shape index (κ2) is 9.21. The fourth-order valence-electron chi connectivity index (χ4n) is 3.31. The highest BCUT2D eigenvalue weighted by Crippen LogP contribution is 2.20. The standard InChI is InChI=1S/C22H29N5O3/c1-22(2,3)21(28)24-18-7-10-20(23-15-18)26-12-4-11-25(13-14-26)16-17-5-8-19(9-6-17)27(29)30/h5-10,15H,4,11-14,16H2,1-3H3,(H,24,28). The van der Waals surface area contributed by atoms with Crippen LogP contribution in [0, 0.1) is 15.5 Å². The van der Waals surface area contributed by atoms with Crippen LogP contribution in [0.15, 0.2) is 42.6 Å². The number of carbonyl (C=O) groups excluding carboxylic acids is 1. The summed E-state index contributed by atoms with van der Waals surface area (Å²) in [5.41, 5.74) is 1.45. The van der Waals surface area contributed by atoms with Crippen molar-refractivity contribution < 1.29 is 9.72 Å². The molecule has 160 valence electrons. The van der Waals surface area contributed by atoms with Crippen molar-refractivity contribution in [2.45, 2.75) is 33.7 Å². The summed E-state index contributed by atoms with van der Waals surface area (Å²) in [4.78, 5) is 31.7. The zero-order chi connectivity index (χ0) is 21.7. The molecule has 8 nitrogen and oxygen atoms in total. The van der Waals surface area contributed by atoms with Gasteiger partial charge in [-0.15, -0.1) is 0 Å². The summed E-state index contributed by atoms with van der Waals surface area (Å²) in [5, 5.41) is 13.7. The monoisotopic (exact) mass is 411 g/mol. The molecule has 2 heterocycles. The lowest BCUT2D eigenvalue weighted by Crippen LogP contribution is -2.31. The van der Waals surface area contributed by atoms with E-state index in [1.165, 1.54) is 0 Å². The Bertz CT molecular complexity index is 875. The minimum absolute atomic E-state index is 0.0336. The highest BCUT2D eigenvalue weighted by Gasteiger charge is 2.21. The maximum Gasteiger partial charge on any atom is 0.269 e. The van der Waals surface area contributed by atoms with Gasteiger partial charge in [-0.25, -0.2) is 4.98 Å². The number of nitrogens with zero attached hydrogens (tertiary/aromatic N) is 4. The van der Waals surface area contributed by atoms with Gasteiger partial charge in [0.1, 0.15) is 5.82 Å². The number of amides is 1. The summed E-state index contributed by atoms with van der Waals surface area (Å²) >= 11 is 0. The Kier molecular flexibility index (Phi) is 6.66. The molecule has 1 fully saturated rings. The van der Waals surface area contributed by atoms with E-state index >= 15 is 0 Å². The second-order valence-electron chi connectivity index (χ2n) is 8.65. The van der Waals surface area contributed by atoms with Crippen LogP contribution in [-0.4, -0.2) is 46.9 Å². The molecular formula is C22H29N5O3. The number of benzene rings is 1. The number of non-ortho nitro benzene ring substituents is 1. The topological polar surface area (TPSA) is 91.6 Å². The zero-order valence-electron chi connectivity index (χ0n) is 17.8. The van der Waals surface area contributed by atoms with Gasteiger partial charge in [0.15, 0.2) is 0 Å². The van der Waals surface area contributed by atoms with E-state index in [-0.39, 0.29) is 16.5 Å². The van der Waals surface area contributed by atoms with E-state index < -0.39 is 5.41 Å². The summed E-state index contributed by atoms with van der Waals surface area (Å²) in [6.45, 7) is 10.0. The van der Waals surface area contributed by atoms with Crippen LogP contribution < -0.4 is 10.2 Å². The molecule has 2 aromatic rings. The normalized spacial score (nSPS) is 15.5. The number of nitro groups is 1. The van der Waals surface area contributed by atoms with E-state index in [1.54, 1.807) is 18.3 Å². The van der Waals surface area contributed by atoms with Crippen molar-refractivity contribution in [3.05, 3.63) is 58.3 Å². The predicted octanol–water partition coefficient (Wildman–Crippen LogP) is 3.69. The summed E-state index contributed by atoms with van der Waals surface area (Å²) in [6.07, 6.45) is 2.72. The van der Waals surface area contributed by atoms with E-state index in [9.17, 15) is 14.9 Å². The zero-order valence-corrected chi connectivity index (χ0v) is 17.8. The van der Waals surface area contributed by atoms with E-state index in [1.807, 2.05) is 45.0 Å². The second-order valence-corrected chi connectivity index (χ2v) is 8.65. The van der Waals surface area contributed by atoms with Gasteiger partial charge >= 0.3 is 0 Å². The number of anilines is 2. The Morgan fingerprint density at radius 1 is 1.10 bits per heavy atom. The summed E-state index contributed by atoms with van der Waals surface area (Å²) < 4.78 is 0.